The van der Waals surface area contributed by atoms with Gasteiger partial charge in [0.1, 0.15) is 5.75 Å². The van der Waals surface area contributed by atoms with Crippen molar-refractivity contribution in [3.8, 4) is 5.75 Å². The van der Waals surface area contributed by atoms with Crippen molar-refractivity contribution < 1.29 is 9.53 Å². The van der Waals surface area contributed by atoms with E-state index in [1.165, 1.54) is 7.11 Å². The molecule has 0 saturated heterocycles. The number of carbonyl (C=O) groups is 1. The largest absolute Gasteiger partial charge is 0.497 e. The van der Waals surface area contributed by atoms with Gasteiger partial charge < -0.3 is 15.8 Å². The number of ether oxygens (including phenoxy) is 1. The maximum Gasteiger partial charge on any atom is 0.255 e. The standard InChI is InChI=1S/C15H15ClN2O2/c1-9-5-11(16)3-4-14(9)18-15(19)10-6-12(17)8-13(7-10)20-2/h3-8H,17H2,1-2H3,(H,18,19). The summed E-state index contributed by atoms with van der Waals surface area (Å²) < 4.78 is 5.10. The minimum Gasteiger partial charge on any atom is -0.497 e. The van der Waals surface area contributed by atoms with E-state index in [0.29, 0.717) is 27.7 Å². The molecule has 0 bridgehead atoms. The summed E-state index contributed by atoms with van der Waals surface area (Å²) in [6.45, 7) is 1.88. The van der Waals surface area contributed by atoms with Crippen LogP contribution >= 0.6 is 11.6 Å². The molecule has 0 aliphatic rings. The molecular weight excluding hydrogens is 276 g/mol. The maximum absolute atomic E-state index is 12.2. The second-order valence-corrected chi connectivity index (χ2v) is 4.84. The highest BCUT2D eigenvalue weighted by Crippen LogP contribution is 2.22. The molecule has 4 nitrogen and oxygen atoms in total. The summed E-state index contributed by atoms with van der Waals surface area (Å²) in [5.41, 5.74) is 8.25. The van der Waals surface area contributed by atoms with Crippen LogP contribution in [-0.4, -0.2) is 13.0 Å². The van der Waals surface area contributed by atoms with Gasteiger partial charge in [-0.05, 0) is 42.8 Å². The van der Waals surface area contributed by atoms with Crippen molar-refractivity contribution >= 4 is 28.9 Å². The molecule has 0 aliphatic heterocycles. The summed E-state index contributed by atoms with van der Waals surface area (Å²) in [5, 5.41) is 3.45. The number of anilines is 2. The lowest BCUT2D eigenvalue weighted by molar-refractivity contribution is 0.102. The number of rotatable bonds is 3. The number of hydrogen-bond acceptors (Lipinski definition) is 3. The second-order valence-electron chi connectivity index (χ2n) is 4.41. The molecule has 20 heavy (non-hydrogen) atoms. The molecule has 0 spiro atoms. The highest BCUT2D eigenvalue weighted by atomic mass is 35.5. The summed E-state index contributed by atoms with van der Waals surface area (Å²) in [6.07, 6.45) is 0. The van der Waals surface area contributed by atoms with E-state index < -0.39 is 0 Å². The van der Waals surface area contributed by atoms with Gasteiger partial charge in [0.05, 0.1) is 7.11 Å². The lowest BCUT2D eigenvalue weighted by Gasteiger charge is -2.10. The van der Waals surface area contributed by atoms with E-state index in [4.69, 9.17) is 22.1 Å². The van der Waals surface area contributed by atoms with Crippen molar-refractivity contribution in [2.75, 3.05) is 18.2 Å². The molecule has 1 amide bonds. The molecule has 0 saturated carbocycles. The molecule has 2 aromatic rings. The number of hydrogen-bond donors (Lipinski definition) is 2. The smallest absolute Gasteiger partial charge is 0.255 e. The zero-order chi connectivity index (χ0) is 14.7. The molecule has 0 radical (unpaired) electrons. The Morgan fingerprint density at radius 1 is 1.25 bits per heavy atom. The monoisotopic (exact) mass is 290 g/mol. The minimum absolute atomic E-state index is 0.249. The number of aryl methyl sites for hydroxylation is 1. The number of halogens is 1. The number of methoxy groups -OCH3 is 1. The first-order valence-corrected chi connectivity index (χ1v) is 6.39. The predicted molar refractivity (Wildman–Crippen MR) is 81.5 cm³/mol. The zero-order valence-corrected chi connectivity index (χ0v) is 12.0. The Balaban J connectivity index is 2.26. The van der Waals surface area contributed by atoms with Crippen molar-refractivity contribution in [2.24, 2.45) is 0 Å². The fourth-order valence-electron chi connectivity index (χ4n) is 1.83. The molecule has 0 heterocycles. The van der Waals surface area contributed by atoms with Crippen LogP contribution in [0.25, 0.3) is 0 Å². The zero-order valence-electron chi connectivity index (χ0n) is 11.2. The number of carbonyl (C=O) groups excluding carboxylic acids is 1. The third kappa shape index (κ3) is 3.22. The predicted octanol–water partition coefficient (Wildman–Crippen LogP) is 3.49. The number of nitrogen functional groups attached to an aromatic ring is 1. The van der Waals surface area contributed by atoms with E-state index in [0.717, 1.165) is 5.56 Å². The van der Waals surface area contributed by atoms with E-state index in [1.54, 1.807) is 36.4 Å². The van der Waals surface area contributed by atoms with Crippen LogP contribution < -0.4 is 15.8 Å². The van der Waals surface area contributed by atoms with Crippen molar-refractivity contribution in [1.82, 2.24) is 0 Å². The Labute approximate surface area is 122 Å². The van der Waals surface area contributed by atoms with Gasteiger partial charge in [-0.2, -0.15) is 0 Å². The summed E-state index contributed by atoms with van der Waals surface area (Å²) in [7, 11) is 1.53. The van der Waals surface area contributed by atoms with E-state index in [1.807, 2.05) is 6.92 Å². The number of amides is 1. The van der Waals surface area contributed by atoms with Crippen molar-refractivity contribution in [3.05, 3.63) is 52.5 Å². The van der Waals surface area contributed by atoms with Gasteiger partial charge in [-0.3, -0.25) is 4.79 Å². The van der Waals surface area contributed by atoms with Gasteiger partial charge in [-0.1, -0.05) is 11.6 Å². The van der Waals surface area contributed by atoms with Gasteiger partial charge in [0.25, 0.3) is 5.91 Å². The van der Waals surface area contributed by atoms with E-state index in [9.17, 15) is 4.79 Å². The van der Waals surface area contributed by atoms with Crippen LogP contribution in [0.1, 0.15) is 15.9 Å². The van der Waals surface area contributed by atoms with Crippen LogP contribution in [0.5, 0.6) is 5.75 Å². The van der Waals surface area contributed by atoms with Gasteiger partial charge >= 0.3 is 0 Å². The highest BCUT2D eigenvalue weighted by Gasteiger charge is 2.10. The Hall–Kier alpha value is -2.20. The first-order chi connectivity index (χ1) is 9.49. The molecule has 2 aromatic carbocycles. The third-order valence-electron chi connectivity index (χ3n) is 2.86. The van der Waals surface area contributed by atoms with Crippen LogP contribution in [0.3, 0.4) is 0 Å². The van der Waals surface area contributed by atoms with Gasteiger partial charge in [0, 0.05) is 28.0 Å². The molecule has 0 unspecified atom stereocenters. The van der Waals surface area contributed by atoms with Crippen LogP contribution in [-0.2, 0) is 0 Å². The van der Waals surface area contributed by atoms with Crippen molar-refractivity contribution in [3.63, 3.8) is 0 Å². The maximum atomic E-state index is 12.2. The van der Waals surface area contributed by atoms with Crippen LogP contribution in [0.2, 0.25) is 5.02 Å². The van der Waals surface area contributed by atoms with Crippen LogP contribution in [0.4, 0.5) is 11.4 Å². The van der Waals surface area contributed by atoms with Crippen LogP contribution in [0.15, 0.2) is 36.4 Å². The quantitative estimate of drug-likeness (QED) is 0.851. The molecule has 0 aliphatic carbocycles. The normalized spacial score (nSPS) is 10.2. The first kappa shape index (κ1) is 14.2. The summed E-state index contributed by atoms with van der Waals surface area (Å²) in [4.78, 5) is 12.2. The average Bonchev–Trinajstić information content (AvgIpc) is 2.41. The summed E-state index contributed by atoms with van der Waals surface area (Å²) >= 11 is 5.89. The number of nitrogens with two attached hydrogens (primary N) is 1. The molecule has 5 heteroatoms. The molecule has 2 rings (SSSR count). The molecular formula is C15H15ClN2O2. The third-order valence-corrected chi connectivity index (χ3v) is 3.10. The summed E-state index contributed by atoms with van der Waals surface area (Å²) in [6, 6.07) is 10.2. The molecule has 3 N–H and O–H groups in total. The SMILES string of the molecule is COc1cc(N)cc(C(=O)Nc2ccc(Cl)cc2C)c1. The molecule has 0 aromatic heterocycles. The Kier molecular flexibility index (Phi) is 4.15. The highest BCUT2D eigenvalue weighted by molar-refractivity contribution is 6.30. The van der Waals surface area contributed by atoms with E-state index >= 15 is 0 Å². The Morgan fingerprint density at radius 3 is 2.65 bits per heavy atom. The van der Waals surface area contributed by atoms with E-state index in [-0.39, 0.29) is 5.91 Å². The van der Waals surface area contributed by atoms with Gasteiger partial charge in [0.2, 0.25) is 0 Å². The van der Waals surface area contributed by atoms with Gasteiger partial charge in [-0.25, -0.2) is 0 Å². The molecule has 0 atom stereocenters. The Bertz CT molecular complexity index is 656. The fraction of sp³-hybridized carbons (Fsp3) is 0.133. The minimum atomic E-state index is -0.249. The molecule has 0 fully saturated rings. The lowest BCUT2D eigenvalue weighted by Crippen LogP contribution is -2.13. The van der Waals surface area contributed by atoms with Crippen molar-refractivity contribution in [1.29, 1.82) is 0 Å². The number of benzene rings is 2. The first-order valence-electron chi connectivity index (χ1n) is 6.01. The van der Waals surface area contributed by atoms with Crippen molar-refractivity contribution in [2.45, 2.75) is 6.92 Å². The average molecular weight is 291 g/mol. The van der Waals surface area contributed by atoms with Crippen LogP contribution in [0, 0.1) is 6.92 Å². The second kappa shape index (κ2) is 5.84. The Morgan fingerprint density at radius 2 is 2.00 bits per heavy atom. The van der Waals surface area contributed by atoms with Gasteiger partial charge in [0.15, 0.2) is 0 Å². The summed E-state index contributed by atoms with van der Waals surface area (Å²) in [5.74, 6) is 0.295. The lowest BCUT2D eigenvalue weighted by atomic mass is 10.1. The molecule has 104 valence electrons. The van der Waals surface area contributed by atoms with Gasteiger partial charge in [-0.15, -0.1) is 0 Å². The fourth-order valence-corrected chi connectivity index (χ4v) is 2.06. The number of nitrogens with one attached hydrogen (secondary N) is 1. The topological polar surface area (TPSA) is 64.3 Å². The van der Waals surface area contributed by atoms with E-state index in [2.05, 4.69) is 5.32 Å².